The van der Waals surface area contributed by atoms with E-state index >= 15 is 0 Å². The summed E-state index contributed by atoms with van der Waals surface area (Å²) >= 11 is 0. The first-order valence-corrected chi connectivity index (χ1v) is 12.0. The van der Waals surface area contributed by atoms with E-state index in [1.807, 2.05) is 53.4 Å². The Morgan fingerprint density at radius 3 is 2.50 bits per heavy atom. The zero-order valence-electron chi connectivity index (χ0n) is 20.2. The third-order valence-electron chi connectivity index (χ3n) is 6.29. The third-order valence-corrected chi connectivity index (χ3v) is 6.29. The van der Waals surface area contributed by atoms with Crippen molar-refractivity contribution in [3.63, 3.8) is 0 Å². The molecule has 1 aliphatic heterocycles. The van der Waals surface area contributed by atoms with E-state index in [0.29, 0.717) is 30.3 Å². The molecule has 1 aliphatic rings. The largest absolute Gasteiger partial charge is 0.496 e. The van der Waals surface area contributed by atoms with Gasteiger partial charge < -0.3 is 23.8 Å². The van der Waals surface area contributed by atoms with Crippen LogP contribution in [0.4, 0.5) is 5.88 Å². The molecule has 7 heteroatoms. The monoisotopic (exact) mass is 463 g/mol. The maximum Gasteiger partial charge on any atom is 0.258 e. The lowest BCUT2D eigenvalue weighted by atomic mass is 10.1. The molecule has 1 amide bonds. The molecule has 2 aromatic carbocycles. The summed E-state index contributed by atoms with van der Waals surface area (Å²) in [5.41, 5.74) is 3.15. The van der Waals surface area contributed by atoms with Crippen LogP contribution in [0.3, 0.4) is 0 Å². The molecule has 1 atom stereocenters. The molecule has 1 fully saturated rings. The summed E-state index contributed by atoms with van der Waals surface area (Å²) < 4.78 is 17.3. The normalized spacial score (nSPS) is 15.3. The Kier molecular flexibility index (Phi) is 7.85. The zero-order valence-corrected chi connectivity index (χ0v) is 20.2. The number of hydrogen-bond donors (Lipinski definition) is 0. The lowest BCUT2D eigenvalue weighted by molar-refractivity contribution is 0.0505. The Morgan fingerprint density at radius 2 is 1.82 bits per heavy atom. The summed E-state index contributed by atoms with van der Waals surface area (Å²) in [6, 6.07) is 17.3. The average molecular weight is 464 g/mol. The molecule has 180 valence electrons. The number of amides is 1. The van der Waals surface area contributed by atoms with Gasteiger partial charge in [-0.3, -0.25) is 4.79 Å². The van der Waals surface area contributed by atoms with Crippen molar-refractivity contribution in [2.75, 3.05) is 38.3 Å². The van der Waals surface area contributed by atoms with Crippen LogP contribution >= 0.6 is 0 Å². The van der Waals surface area contributed by atoms with Crippen LogP contribution in [-0.2, 0) is 11.3 Å². The number of carbonyl (C=O) groups excluding carboxylic acids is 1. The highest BCUT2D eigenvalue weighted by Gasteiger charge is 2.29. The Bertz CT molecular complexity index is 1070. The Labute approximate surface area is 201 Å². The number of hydrogen-bond acceptors (Lipinski definition) is 6. The van der Waals surface area contributed by atoms with Gasteiger partial charge in [0.25, 0.3) is 5.91 Å². The quantitative estimate of drug-likeness (QED) is 0.421. The second-order valence-corrected chi connectivity index (χ2v) is 8.37. The van der Waals surface area contributed by atoms with Crippen LogP contribution in [0.25, 0.3) is 11.3 Å². The molecule has 1 saturated heterocycles. The molecule has 3 aromatic rings. The minimum atomic E-state index is -0.0985. The van der Waals surface area contributed by atoms with E-state index < -0.39 is 0 Å². The van der Waals surface area contributed by atoms with Crippen molar-refractivity contribution in [3.05, 3.63) is 65.7 Å². The first-order valence-electron chi connectivity index (χ1n) is 12.0. The summed E-state index contributed by atoms with van der Waals surface area (Å²) in [6.07, 6.45) is 1.96. The molecule has 34 heavy (non-hydrogen) atoms. The molecule has 0 radical (unpaired) electrons. The number of anilines is 1. The van der Waals surface area contributed by atoms with Gasteiger partial charge in [-0.1, -0.05) is 47.6 Å². The van der Waals surface area contributed by atoms with Gasteiger partial charge in [0.1, 0.15) is 11.4 Å². The number of benzene rings is 2. The smallest absolute Gasteiger partial charge is 0.258 e. The first kappa shape index (κ1) is 23.8. The van der Waals surface area contributed by atoms with Gasteiger partial charge in [-0.2, -0.15) is 0 Å². The molecule has 1 aromatic heterocycles. The van der Waals surface area contributed by atoms with E-state index in [0.717, 1.165) is 49.4 Å². The molecule has 2 heterocycles. The fourth-order valence-corrected chi connectivity index (χ4v) is 4.46. The van der Waals surface area contributed by atoms with Crippen molar-refractivity contribution < 1.29 is 18.8 Å². The lowest BCUT2D eigenvalue weighted by Gasteiger charge is -2.27. The van der Waals surface area contributed by atoms with Crippen LogP contribution in [0.1, 0.15) is 42.6 Å². The summed E-state index contributed by atoms with van der Waals surface area (Å²) in [5.74, 6) is 1.16. The van der Waals surface area contributed by atoms with Gasteiger partial charge in [0, 0.05) is 31.8 Å². The number of aromatic nitrogens is 1. The van der Waals surface area contributed by atoms with Gasteiger partial charge in [0.05, 0.1) is 30.9 Å². The van der Waals surface area contributed by atoms with Gasteiger partial charge >= 0.3 is 0 Å². The average Bonchev–Trinajstić information content (AvgIpc) is 3.55. The second kappa shape index (κ2) is 11.2. The fraction of sp³-hybridized carbons (Fsp3) is 0.407. The van der Waals surface area contributed by atoms with E-state index in [-0.39, 0.29) is 12.0 Å². The molecule has 0 bridgehead atoms. The van der Waals surface area contributed by atoms with Crippen LogP contribution in [0.2, 0.25) is 0 Å². The van der Waals surface area contributed by atoms with Gasteiger partial charge in [-0.05, 0) is 38.8 Å². The van der Waals surface area contributed by atoms with E-state index in [1.165, 1.54) is 0 Å². The number of methoxy groups -OCH3 is 1. The maximum atomic E-state index is 13.8. The highest BCUT2D eigenvalue weighted by Crippen LogP contribution is 2.33. The van der Waals surface area contributed by atoms with Crippen LogP contribution in [0, 0.1) is 0 Å². The number of rotatable bonds is 10. The van der Waals surface area contributed by atoms with E-state index in [9.17, 15) is 4.79 Å². The first-order chi connectivity index (χ1) is 16.7. The lowest BCUT2D eigenvalue weighted by Crippen LogP contribution is -2.37. The van der Waals surface area contributed by atoms with Crippen molar-refractivity contribution in [2.45, 2.75) is 39.3 Å². The van der Waals surface area contributed by atoms with E-state index in [4.69, 9.17) is 14.0 Å². The van der Waals surface area contributed by atoms with Crippen molar-refractivity contribution in [3.8, 4) is 17.0 Å². The molecule has 0 N–H and O–H groups in total. The Morgan fingerprint density at radius 1 is 1.09 bits per heavy atom. The van der Waals surface area contributed by atoms with Crippen molar-refractivity contribution in [1.29, 1.82) is 0 Å². The zero-order chi connectivity index (χ0) is 23.9. The summed E-state index contributed by atoms with van der Waals surface area (Å²) in [4.78, 5) is 17.8. The Hall–Kier alpha value is -3.32. The van der Waals surface area contributed by atoms with Crippen molar-refractivity contribution in [2.24, 2.45) is 0 Å². The van der Waals surface area contributed by atoms with Crippen LogP contribution in [-0.4, -0.2) is 55.4 Å². The molecule has 0 aliphatic carbocycles. The van der Waals surface area contributed by atoms with Crippen LogP contribution in [0.15, 0.2) is 59.1 Å². The number of ether oxygens (including phenoxy) is 2. The molecule has 7 nitrogen and oxygen atoms in total. The molecule has 0 unspecified atom stereocenters. The highest BCUT2D eigenvalue weighted by molar-refractivity contribution is 5.97. The number of nitrogens with zero attached hydrogens (tertiary/aromatic N) is 3. The standard InChI is InChI=1S/C27H33N3O4/c1-4-29(5-2)27-23(25(28-34-27)20-12-7-6-8-13-20)19-30(18-21-14-11-17-33-21)26(31)22-15-9-10-16-24(22)32-3/h6-10,12-13,15-16,21H,4-5,11,14,17-19H2,1-3H3/t21-/m0/s1. The van der Waals surface area contributed by atoms with Crippen LogP contribution < -0.4 is 9.64 Å². The highest BCUT2D eigenvalue weighted by atomic mass is 16.5. The Balaban J connectivity index is 1.75. The van der Waals surface area contributed by atoms with Gasteiger partial charge in [-0.15, -0.1) is 0 Å². The minimum absolute atomic E-state index is 0.00981. The summed E-state index contributed by atoms with van der Waals surface area (Å²) in [7, 11) is 1.59. The molecular weight excluding hydrogens is 430 g/mol. The van der Waals surface area contributed by atoms with Gasteiger partial charge in [0.2, 0.25) is 5.88 Å². The second-order valence-electron chi connectivity index (χ2n) is 8.37. The predicted molar refractivity (Wildman–Crippen MR) is 132 cm³/mol. The van der Waals surface area contributed by atoms with Crippen molar-refractivity contribution >= 4 is 11.8 Å². The SMILES string of the molecule is CCN(CC)c1onc(-c2ccccc2)c1CN(C[C@@H]1CCCO1)C(=O)c1ccccc1OC. The molecule has 0 spiro atoms. The number of para-hydroxylation sites is 1. The number of carbonyl (C=O) groups is 1. The minimum Gasteiger partial charge on any atom is -0.496 e. The topological polar surface area (TPSA) is 68.0 Å². The van der Waals surface area contributed by atoms with Crippen LogP contribution in [0.5, 0.6) is 5.75 Å². The summed E-state index contributed by atoms with van der Waals surface area (Å²) in [6.45, 7) is 7.31. The predicted octanol–water partition coefficient (Wildman–Crippen LogP) is 5.02. The van der Waals surface area contributed by atoms with Crippen molar-refractivity contribution in [1.82, 2.24) is 10.1 Å². The van der Waals surface area contributed by atoms with Gasteiger partial charge in [0.15, 0.2) is 0 Å². The third kappa shape index (κ3) is 5.09. The summed E-state index contributed by atoms with van der Waals surface area (Å²) in [5, 5.41) is 4.44. The van der Waals surface area contributed by atoms with Gasteiger partial charge in [-0.25, -0.2) is 0 Å². The van der Waals surface area contributed by atoms with E-state index in [1.54, 1.807) is 13.2 Å². The molecule has 0 saturated carbocycles. The fourth-order valence-electron chi connectivity index (χ4n) is 4.46. The van der Waals surface area contributed by atoms with E-state index in [2.05, 4.69) is 23.9 Å². The maximum absolute atomic E-state index is 13.8. The molecule has 4 rings (SSSR count). The molecular formula is C27H33N3O4.